The number of methoxy groups -OCH3 is 1. The molecule has 1 saturated heterocycles. The van der Waals surface area contributed by atoms with Crippen molar-refractivity contribution in [2.24, 2.45) is 0 Å². The van der Waals surface area contributed by atoms with Crippen LogP contribution in [0.25, 0.3) is 0 Å². The first-order valence-corrected chi connectivity index (χ1v) is 5.82. The molecule has 1 heterocycles. The maximum atomic E-state index is 12.0. The van der Waals surface area contributed by atoms with Crippen LogP contribution in [0.5, 0.6) is 0 Å². The summed E-state index contributed by atoms with van der Waals surface area (Å²) in [6.07, 6.45) is 5.90. The zero-order valence-corrected chi connectivity index (χ0v) is 10.5. The number of amides is 2. The van der Waals surface area contributed by atoms with Crippen LogP contribution in [-0.2, 0) is 9.53 Å². The fourth-order valence-corrected chi connectivity index (χ4v) is 1.92. The summed E-state index contributed by atoms with van der Waals surface area (Å²) in [6.45, 7) is 2.11. The number of terminal acetylenes is 1. The fourth-order valence-electron chi connectivity index (χ4n) is 1.92. The van der Waals surface area contributed by atoms with Crippen molar-refractivity contribution in [3.05, 3.63) is 0 Å². The molecule has 2 N–H and O–H groups in total. The summed E-state index contributed by atoms with van der Waals surface area (Å²) in [5, 5.41) is 11.7. The summed E-state index contributed by atoms with van der Waals surface area (Å²) in [4.78, 5) is 24.3. The molecule has 0 saturated carbocycles. The first kappa shape index (κ1) is 14.3. The van der Waals surface area contributed by atoms with Gasteiger partial charge in [0.15, 0.2) is 0 Å². The van der Waals surface area contributed by atoms with E-state index in [-0.39, 0.29) is 18.7 Å². The Morgan fingerprint density at radius 1 is 1.67 bits per heavy atom. The molecular weight excluding hydrogens is 236 g/mol. The van der Waals surface area contributed by atoms with Crippen molar-refractivity contribution in [3.8, 4) is 12.3 Å². The molecule has 3 unspecified atom stereocenters. The Kier molecular flexibility index (Phi) is 4.98. The van der Waals surface area contributed by atoms with Gasteiger partial charge in [0, 0.05) is 20.1 Å². The number of hydrogen-bond donors (Lipinski definition) is 2. The van der Waals surface area contributed by atoms with E-state index in [1.165, 1.54) is 12.0 Å². The number of rotatable bonds is 4. The highest BCUT2D eigenvalue weighted by Crippen LogP contribution is 2.20. The number of nitrogens with one attached hydrogen (secondary N) is 1. The van der Waals surface area contributed by atoms with E-state index in [2.05, 4.69) is 11.2 Å². The second-order valence-corrected chi connectivity index (χ2v) is 4.18. The summed E-state index contributed by atoms with van der Waals surface area (Å²) in [5.74, 6) is 1.41. The molecule has 1 rings (SSSR count). The average molecular weight is 254 g/mol. The second kappa shape index (κ2) is 6.26. The Morgan fingerprint density at radius 2 is 2.33 bits per heavy atom. The Bertz CT molecular complexity index is 364. The standard InChI is InChI=1S/C12H18N2O4/c1-4-8(5-2)13-12(17)14-7-9(18-3)6-10(14)11(15)16/h1,8-10H,5-7H2,2-3H3,(H,13,17)(H,15,16). The molecule has 18 heavy (non-hydrogen) atoms. The van der Waals surface area contributed by atoms with Crippen LogP contribution in [-0.4, -0.2) is 53.8 Å². The Labute approximate surface area is 106 Å². The lowest BCUT2D eigenvalue weighted by Crippen LogP contribution is -2.48. The molecule has 6 nitrogen and oxygen atoms in total. The van der Waals surface area contributed by atoms with Crippen LogP contribution >= 0.6 is 0 Å². The topological polar surface area (TPSA) is 78.9 Å². The molecule has 0 aromatic heterocycles. The van der Waals surface area contributed by atoms with Gasteiger partial charge in [0.05, 0.1) is 12.1 Å². The van der Waals surface area contributed by atoms with E-state index in [0.29, 0.717) is 12.8 Å². The van der Waals surface area contributed by atoms with Gasteiger partial charge in [-0.2, -0.15) is 0 Å². The molecule has 0 aromatic rings. The Balaban J connectivity index is 2.71. The first-order chi connectivity index (χ1) is 8.53. The SMILES string of the molecule is C#CC(CC)NC(=O)N1CC(OC)CC1C(=O)O. The molecule has 1 aliphatic rings. The normalized spacial score (nSPS) is 24.4. The number of carboxylic acids is 1. The highest BCUT2D eigenvalue weighted by molar-refractivity contribution is 5.83. The number of urea groups is 1. The van der Waals surface area contributed by atoms with Gasteiger partial charge in [-0.25, -0.2) is 9.59 Å². The zero-order chi connectivity index (χ0) is 13.7. The minimum Gasteiger partial charge on any atom is -0.480 e. The van der Waals surface area contributed by atoms with Gasteiger partial charge in [-0.05, 0) is 6.42 Å². The van der Waals surface area contributed by atoms with E-state index in [9.17, 15) is 9.59 Å². The summed E-state index contributed by atoms with van der Waals surface area (Å²) >= 11 is 0. The van der Waals surface area contributed by atoms with Crippen LogP contribution < -0.4 is 5.32 Å². The molecular formula is C12H18N2O4. The maximum Gasteiger partial charge on any atom is 0.326 e. The van der Waals surface area contributed by atoms with Gasteiger partial charge >= 0.3 is 12.0 Å². The monoisotopic (exact) mass is 254 g/mol. The van der Waals surface area contributed by atoms with E-state index in [4.69, 9.17) is 16.3 Å². The van der Waals surface area contributed by atoms with Crippen molar-refractivity contribution in [1.29, 1.82) is 0 Å². The van der Waals surface area contributed by atoms with Crippen LogP contribution in [0.1, 0.15) is 19.8 Å². The molecule has 0 radical (unpaired) electrons. The van der Waals surface area contributed by atoms with Gasteiger partial charge < -0.3 is 20.1 Å². The average Bonchev–Trinajstić information content (AvgIpc) is 2.80. The number of aliphatic carboxylic acids is 1. The summed E-state index contributed by atoms with van der Waals surface area (Å²) in [5.41, 5.74) is 0. The molecule has 6 heteroatoms. The molecule has 1 fully saturated rings. The zero-order valence-electron chi connectivity index (χ0n) is 10.5. The van der Waals surface area contributed by atoms with Crippen molar-refractivity contribution in [2.45, 2.75) is 38.0 Å². The molecule has 100 valence electrons. The van der Waals surface area contributed by atoms with E-state index in [0.717, 1.165) is 0 Å². The largest absolute Gasteiger partial charge is 0.480 e. The third-order valence-electron chi connectivity index (χ3n) is 3.05. The van der Waals surface area contributed by atoms with Crippen molar-refractivity contribution in [2.75, 3.05) is 13.7 Å². The van der Waals surface area contributed by atoms with Crippen LogP contribution in [0.4, 0.5) is 4.79 Å². The van der Waals surface area contributed by atoms with Gasteiger partial charge in [0.25, 0.3) is 0 Å². The highest BCUT2D eigenvalue weighted by Gasteiger charge is 2.40. The first-order valence-electron chi connectivity index (χ1n) is 5.82. The second-order valence-electron chi connectivity index (χ2n) is 4.18. The van der Waals surface area contributed by atoms with Crippen molar-refractivity contribution < 1.29 is 19.4 Å². The van der Waals surface area contributed by atoms with Crippen LogP contribution in [0.3, 0.4) is 0 Å². The predicted molar refractivity (Wildman–Crippen MR) is 65.0 cm³/mol. The van der Waals surface area contributed by atoms with Gasteiger partial charge in [-0.1, -0.05) is 12.8 Å². The number of hydrogen-bond acceptors (Lipinski definition) is 3. The van der Waals surface area contributed by atoms with E-state index >= 15 is 0 Å². The third kappa shape index (κ3) is 3.14. The minimum atomic E-state index is -1.03. The lowest BCUT2D eigenvalue weighted by molar-refractivity contribution is -0.141. The van der Waals surface area contributed by atoms with E-state index < -0.39 is 18.0 Å². The number of carbonyl (C=O) groups is 2. The Morgan fingerprint density at radius 3 is 2.78 bits per heavy atom. The van der Waals surface area contributed by atoms with Gasteiger partial charge in [-0.15, -0.1) is 6.42 Å². The molecule has 1 aliphatic heterocycles. The Hall–Kier alpha value is -1.74. The summed E-state index contributed by atoms with van der Waals surface area (Å²) in [7, 11) is 1.50. The van der Waals surface area contributed by atoms with Crippen molar-refractivity contribution in [1.82, 2.24) is 10.2 Å². The van der Waals surface area contributed by atoms with E-state index in [1.807, 2.05) is 6.92 Å². The van der Waals surface area contributed by atoms with Crippen LogP contribution in [0.2, 0.25) is 0 Å². The van der Waals surface area contributed by atoms with Crippen LogP contribution in [0.15, 0.2) is 0 Å². The minimum absolute atomic E-state index is 0.247. The molecule has 0 aliphatic carbocycles. The number of nitrogens with zero attached hydrogens (tertiary/aromatic N) is 1. The van der Waals surface area contributed by atoms with Gasteiger partial charge in [-0.3, -0.25) is 0 Å². The van der Waals surface area contributed by atoms with Crippen LogP contribution in [0, 0.1) is 12.3 Å². The fraction of sp³-hybridized carbons (Fsp3) is 0.667. The van der Waals surface area contributed by atoms with Crippen molar-refractivity contribution >= 4 is 12.0 Å². The third-order valence-corrected chi connectivity index (χ3v) is 3.05. The van der Waals surface area contributed by atoms with Gasteiger partial charge in [0.1, 0.15) is 6.04 Å². The molecule has 0 spiro atoms. The van der Waals surface area contributed by atoms with Crippen molar-refractivity contribution in [3.63, 3.8) is 0 Å². The number of ether oxygens (including phenoxy) is 1. The summed E-state index contributed by atoms with van der Waals surface area (Å²) < 4.78 is 5.10. The number of likely N-dealkylation sites (tertiary alicyclic amines) is 1. The van der Waals surface area contributed by atoms with E-state index in [1.54, 1.807) is 0 Å². The lowest BCUT2D eigenvalue weighted by Gasteiger charge is -2.23. The smallest absolute Gasteiger partial charge is 0.326 e. The molecule has 3 atom stereocenters. The number of carboxylic acid groups (broad SMARTS) is 1. The summed E-state index contributed by atoms with van der Waals surface area (Å²) in [6, 6.07) is -1.69. The molecule has 0 bridgehead atoms. The highest BCUT2D eigenvalue weighted by atomic mass is 16.5. The van der Waals surface area contributed by atoms with Gasteiger partial charge in [0.2, 0.25) is 0 Å². The predicted octanol–water partition coefficient (Wildman–Crippen LogP) is 0.282. The molecule has 2 amide bonds. The maximum absolute atomic E-state index is 12.0. The lowest BCUT2D eigenvalue weighted by atomic mass is 10.2. The quantitative estimate of drug-likeness (QED) is 0.706. The number of carbonyl (C=O) groups excluding carboxylic acids is 1. The molecule has 0 aromatic carbocycles.